The van der Waals surface area contributed by atoms with Crippen LogP contribution in [-0.2, 0) is 11.0 Å². The van der Waals surface area contributed by atoms with Gasteiger partial charge in [0.2, 0.25) is 5.91 Å². The number of thioether (sulfide) groups is 1. The first-order valence-corrected chi connectivity index (χ1v) is 9.45. The van der Waals surface area contributed by atoms with Crippen molar-refractivity contribution in [3.05, 3.63) is 65.1 Å². The van der Waals surface area contributed by atoms with Crippen LogP contribution < -0.4 is 5.32 Å². The van der Waals surface area contributed by atoms with Gasteiger partial charge in [0.15, 0.2) is 5.76 Å². The Bertz CT molecular complexity index is 1020. The quantitative estimate of drug-likeness (QED) is 0.372. The van der Waals surface area contributed by atoms with Crippen LogP contribution in [0.1, 0.15) is 12.5 Å². The van der Waals surface area contributed by atoms with Crippen LogP contribution in [0.4, 0.5) is 23.2 Å². The minimum atomic E-state index is -4.67. The van der Waals surface area contributed by atoms with E-state index >= 15 is 0 Å². The second kappa shape index (κ2) is 8.46. The van der Waals surface area contributed by atoms with E-state index in [1.54, 1.807) is 0 Å². The largest absolute Gasteiger partial charge is 0.431 e. The summed E-state index contributed by atoms with van der Waals surface area (Å²) in [6.45, 7) is 1.50. The first-order valence-electron chi connectivity index (χ1n) is 8.19. The zero-order chi connectivity index (χ0) is 21.2. The summed E-state index contributed by atoms with van der Waals surface area (Å²) in [5, 5.41) is 1.52. The van der Waals surface area contributed by atoms with Gasteiger partial charge in [-0.25, -0.2) is 9.37 Å². The van der Waals surface area contributed by atoms with E-state index in [1.807, 2.05) is 0 Å². The SMILES string of the molecule is CC(Sc1ncc(-c2ccc(F)cc2)o1)C(=O)Nc1ccc(Cl)cc1C(F)(F)F. The number of alkyl halides is 3. The fourth-order valence-electron chi connectivity index (χ4n) is 2.36. The molecular weight excluding hydrogens is 432 g/mol. The summed E-state index contributed by atoms with van der Waals surface area (Å²) in [6, 6.07) is 8.67. The topological polar surface area (TPSA) is 55.1 Å². The molecule has 1 amide bonds. The molecule has 10 heteroatoms. The van der Waals surface area contributed by atoms with Crippen LogP contribution in [0.5, 0.6) is 0 Å². The monoisotopic (exact) mass is 444 g/mol. The third-order valence-corrected chi connectivity index (χ3v) is 5.00. The number of hydrogen-bond donors (Lipinski definition) is 1. The zero-order valence-electron chi connectivity index (χ0n) is 14.8. The highest BCUT2D eigenvalue weighted by Crippen LogP contribution is 2.37. The number of amides is 1. The van der Waals surface area contributed by atoms with Crippen LogP contribution in [0.25, 0.3) is 11.3 Å². The van der Waals surface area contributed by atoms with Gasteiger partial charge < -0.3 is 9.73 Å². The van der Waals surface area contributed by atoms with Crippen molar-refractivity contribution >= 4 is 35.0 Å². The van der Waals surface area contributed by atoms with Crippen molar-refractivity contribution in [3.8, 4) is 11.3 Å². The van der Waals surface area contributed by atoms with Crippen LogP contribution in [0.15, 0.2) is 58.3 Å². The molecule has 1 N–H and O–H groups in total. The molecule has 2 aromatic carbocycles. The molecule has 3 rings (SSSR count). The van der Waals surface area contributed by atoms with Gasteiger partial charge in [0, 0.05) is 10.6 Å². The number of nitrogens with one attached hydrogen (secondary N) is 1. The summed E-state index contributed by atoms with van der Waals surface area (Å²) in [5.41, 5.74) is -0.831. The molecule has 0 saturated heterocycles. The third-order valence-electron chi connectivity index (χ3n) is 3.80. The van der Waals surface area contributed by atoms with Gasteiger partial charge in [-0.3, -0.25) is 4.79 Å². The number of aromatic nitrogens is 1. The van der Waals surface area contributed by atoms with Gasteiger partial charge in [0.1, 0.15) is 5.82 Å². The fraction of sp³-hybridized carbons (Fsp3) is 0.158. The molecule has 0 fully saturated rings. The van der Waals surface area contributed by atoms with Gasteiger partial charge in [-0.15, -0.1) is 0 Å². The molecule has 0 saturated carbocycles. The van der Waals surface area contributed by atoms with Crippen LogP contribution >= 0.6 is 23.4 Å². The summed E-state index contributed by atoms with van der Waals surface area (Å²) < 4.78 is 58.0. The van der Waals surface area contributed by atoms with E-state index in [1.165, 1.54) is 43.5 Å². The van der Waals surface area contributed by atoms with Gasteiger partial charge in [-0.1, -0.05) is 23.4 Å². The number of nitrogens with zero attached hydrogens (tertiary/aromatic N) is 1. The fourth-order valence-corrected chi connectivity index (χ4v) is 3.25. The summed E-state index contributed by atoms with van der Waals surface area (Å²) in [6.07, 6.45) is -3.25. The summed E-state index contributed by atoms with van der Waals surface area (Å²) in [5.74, 6) is -0.685. The van der Waals surface area contributed by atoms with Gasteiger partial charge in [0.25, 0.3) is 5.22 Å². The Hall–Kier alpha value is -2.52. The maximum absolute atomic E-state index is 13.2. The Kier molecular flexibility index (Phi) is 6.18. The van der Waals surface area contributed by atoms with Crippen molar-refractivity contribution in [1.29, 1.82) is 0 Å². The van der Waals surface area contributed by atoms with Gasteiger partial charge >= 0.3 is 6.18 Å². The zero-order valence-corrected chi connectivity index (χ0v) is 16.3. The average molecular weight is 445 g/mol. The lowest BCUT2D eigenvalue weighted by Gasteiger charge is -2.16. The molecule has 152 valence electrons. The summed E-state index contributed by atoms with van der Waals surface area (Å²) in [7, 11) is 0. The van der Waals surface area contributed by atoms with Crippen LogP contribution in [0.2, 0.25) is 5.02 Å². The minimum Gasteiger partial charge on any atom is -0.431 e. The molecule has 0 aliphatic carbocycles. The van der Waals surface area contributed by atoms with E-state index in [0.29, 0.717) is 11.3 Å². The molecule has 0 bridgehead atoms. The second-order valence-electron chi connectivity index (χ2n) is 5.93. The Morgan fingerprint density at radius 1 is 1.21 bits per heavy atom. The van der Waals surface area contributed by atoms with E-state index in [0.717, 1.165) is 23.9 Å². The Morgan fingerprint density at radius 2 is 1.90 bits per heavy atom. The van der Waals surface area contributed by atoms with Crippen molar-refractivity contribution in [2.45, 2.75) is 23.6 Å². The number of rotatable bonds is 5. The molecule has 1 heterocycles. The van der Waals surface area contributed by atoms with E-state index in [-0.39, 0.29) is 10.2 Å². The number of benzene rings is 2. The first-order chi connectivity index (χ1) is 13.6. The molecule has 0 aliphatic rings. The Balaban J connectivity index is 1.70. The summed E-state index contributed by atoms with van der Waals surface area (Å²) >= 11 is 6.57. The van der Waals surface area contributed by atoms with Crippen molar-refractivity contribution in [1.82, 2.24) is 4.98 Å². The number of hydrogen-bond acceptors (Lipinski definition) is 4. The van der Waals surface area contributed by atoms with Crippen molar-refractivity contribution < 1.29 is 26.8 Å². The normalized spacial score (nSPS) is 12.6. The van der Waals surface area contributed by atoms with Crippen LogP contribution in [0, 0.1) is 5.82 Å². The van der Waals surface area contributed by atoms with Crippen LogP contribution in [0.3, 0.4) is 0 Å². The number of anilines is 1. The maximum Gasteiger partial charge on any atom is 0.418 e. The first kappa shape index (κ1) is 21.2. The standard InChI is InChI=1S/C19H13ClF4N2O2S/c1-10(17(27)26-15-7-4-12(20)8-14(15)19(22,23)24)29-18-25-9-16(28-18)11-2-5-13(21)6-3-11/h2-10H,1H3,(H,26,27). The van der Waals surface area contributed by atoms with E-state index in [4.69, 9.17) is 16.0 Å². The lowest BCUT2D eigenvalue weighted by atomic mass is 10.1. The summed E-state index contributed by atoms with van der Waals surface area (Å²) in [4.78, 5) is 16.4. The van der Waals surface area contributed by atoms with Crippen molar-refractivity contribution in [2.75, 3.05) is 5.32 Å². The van der Waals surface area contributed by atoms with Crippen molar-refractivity contribution in [2.24, 2.45) is 0 Å². The number of carbonyl (C=O) groups is 1. The number of oxazole rings is 1. The van der Waals surface area contributed by atoms with E-state index in [9.17, 15) is 22.4 Å². The molecule has 1 aromatic heterocycles. The predicted molar refractivity (Wildman–Crippen MR) is 102 cm³/mol. The lowest BCUT2D eigenvalue weighted by molar-refractivity contribution is -0.137. The molecule has 1 unspecified atom stereocenters. The van der Waals surface area contributed by atoms with E-state index in [2.05, 4.69) is 10.3 Å². The molecule has 1 atom stereocenters. The molecule has 0 radical (unpaired) electrons. The molecule has 0 spiro atoms. The Labute approximate surface area is 172 Å². The highest BCUT2D eigenvalue weighted by atomic mass is 35.5. The Morgan fingerprint density at radius 3 is 2.55 bits per heavy atom. The number of halogens is 5. The minimum absolute atomic E-state index is 0.0918. The van der Waals surface area contributed by atoms with Crippen molar-refractivity contribution in [3.63, 3.8) is 0 Å². The van der Waals surface area contributed by atoms with Gasteiger partial charge in [-0.05, 0) is 49.4 Å². The molecule has 0 aliphatic heterocycles. The molecule has 4 nitrogen and oxygen atoms in total. The third kappa shape index (κ3) is 5.30. The predicted octanol–water partition coefficient (Wildman–Crippen LogP) is 6.27. The maximum atomic E-state index is 13.2. The molecule has 29 heavy (non-hydrogen) atoms. The highest BCUT2D eigenvalue weighted by molar-refractivity contribution is 8.00. The van der Waals surface area contributed by atoms with Gasteiger partial charge in [0.05, 0.1) is 22.7 Å². The van der Waals surface area contributed by atoms with E-state index < -0.39 is 34.4 Å². The van der Waals surface area contributed by atoms with Crippen LogP contribution in [-0.4, -0.2) is 16.1 Å². The average Bonchev–Trinajstić information content (AvgIpc) is 3.11. The highest BCUT2D eigenvalue weighted by Gasteiger charge is 2.34. The number of carbonyl (C=O) groups excluding carboxylic acids is 1. The smallest absolute Gasteiger partial charge is 0.418 e. The molecular formula is C19H13ClF4N2O2S. The lowest BCUT2D eigenvalue weighted by Crippen LogP contribution is -2.24. The van der Waals surface area contributed by atoms with Gasteiger partial charge in [-0.2, -0.15) is 13.2 Å². The second-order valence-corrected chi connectivity index (χ2v) is 7.66. The molecule has 3 aromatic rings.